The average Bonchev–Trinajstić information content (AvgIpc) is 3.01. The van der Waals surface area contributed by atoms with Gasteiger partial charge in [-0.2, -0.15) is 0 Å². The highest BCUT2D eigenvalue weighted by atomic mass is 15.3. The Hall–Kier alpha value is -0.0800. The molecule has 2 nitrogen and oxygen atoms in total. The Balaban J connectivity index is 1.53. The van der Waals surface area contributed by atoms with Gasteiger partial charge in [0.1, 0.15) is 0 Å². The van der Waals surface area contributed by atoms with Gasteiger partial charge in [-0.25, -0.2) is 0 Å². The number of nitrogens with zero attached hydrogens (tertiary/aromatic N) is 2. The van der Waals surface area contributed by atoms with E-state index in [1.165, 1.54) is 57.8 Å². The van der Waals surface area contributed by atoms with Gasteiger partial charge in [-0.1, -0.05) is 27.2 Å². The average molecular weight is 319 g/mol. The molecule has 2 heteroatoms. The first kappa shape index (κ1) is 16.4. The molecule has 5 atom stereocenters. The fraction of sp³-hybridized carbons (Fsp3) is 1.00. The van der Waals surface area contributed by atoms with E-state index < -0.39 is 0 Å². The van der Waals surface area contributed by atoms with Crippen LogP contribution < -0.4 is 0 Å². The Morgan fingerprint density at radius 3 is 2.17 bits per heavy atom. The van der Waals surface area contributed by atoms with Crippen LogP contribution in [0, 0.1) is 17.3 Å². The second kappa shape index (κ2) is 5.46. The Kier molecular flexibility index (Phi) is 3.89. The third-order valence-electron chi connectivity index (χ3n) is 8.94. The normalized spacial score (nSPS) is 47.6. The molecule has 0 aromatic heterocycles. The third kappa shape index (κ3) is 2.34. The van der Waals surface area contributed by atoms with Crippen LogP contribution in [0.3, 0.4) is 0 Å². The predicted molar refractivity (Wildman–Crippen MR) is 97.6 cm³/mol. The number of piperidine rings is 1. The number of hydrogen-bond acceptors (Lipinski definition) is 2. The molecule has 132 valence electrons. The van der Waals surface area contributed by atoms with E-state index in [0.29, 0.717) is 11.0 Å². The molecule has 4 rings (SSSR count). The molecular weight excluding hydrogens is 280 g/mol. The summed E-state index contributed by atoms with van der Waals surface area (Å²) in [6, 6.07) is 2.66. The maximum atomic E-state index is 2.83. The molecule has 0 aromatic rings. The molecule has 0 saturated carbocycles. The zero-order valence-electron chi connectivity index (χ0n) is 16.1. The van der Waals surface area contributed by atoms with Gasteiger partial charge in [0.2, 0.25) is 0 Å². The van der Waals surface area contributed by atoms with Gasteiger partial charge in [-0.15, -0.1) is 0 Å². The molecule has 0 N–H and O–H groups in total. The molecule has 4 bridgehead atoms. The third-order valence-corrected chi connectivity index (χ3v) is 8.94. The van der Waals surface area contributed by atoms with E-state index in [2.05, 4.69) is 44.7 Å². The van der Waals surface area contributed by atoms with Gasteiger partial charge in [0.05, 0.1) is 0 Å². The van der Waals surface area contributed by atoms with E-state index in [0.717, 1.165) is 30.0 Å². The van der Waals surface area contributed by atoms with Crippen LogP contribution in [0.25, 0.3) is 0 Å². The van der Waals surface area contributed by atoms with Crippen molar-refractivity contribution in [3.63, 3.8) is 0 Å². The minimum atomic E-state index is 0.503. The van der Waals surface area contributed by atoms with Crippen LogP contribution in [-0.2, 0) is 0 Å². The zero-order valence-corrected chi connectivity index (χ0v) is 16.1. The van der Waals surface area contributed by atoms with Crippen LogP contribution in [0.5, 0.6) is 0 Å². The number of hydrogen-bond donors (Lipinski definition) is 0. The van der Waals surface area contributed by atoms with E-state index >= 15 is 0 Å². The van der Waals surface area contributed by atoms with Crippen molar-refractivity contribution in [3.8, 4) is 0 Å². The fourth-order valence-electron chi connectivity index (χ4n) is 7.35. The first-order chi connectivity index (χ1) is 10.9. The fourth-order valence-corrected chi connectivity index (χ4v) is 7.35. The van der Waals surface area contributed by atoms with Crippen molar-refractivity contribution in [1.29, 1.82) is 0 Å². The number of rotatable bonds is 4. The Labute approximate surface area is 144 Å². The number of fused-ring (bicyclic) bond motifs is 4. The summed E-state index contributed by atoms with van der Waals surface area (Å²) in [5.41, 5.74) is 1.04. The topological polar surface area (TPSA) is 6.48 Å². The lowest BCUT2D eigenvalue weighted by molar-refractivity contribution is 0.0102. The van der Waals surface area contributed by atoms with Gasteiger partial charge in [0.15, 0.2) is 0 Å². The summed E-state index contributed by atoms with van der Waals surface area (Å²) < 4.78 is 0. The highest BCUT2D eigenvalue weighted by molar-refractivity contribution is 5.12. The van der Waals surface area contributed by atoms with Gasteiger partial charge in [-0.05, 0) is 82.7 Å². The van der Waals surface area contributed by atoms with Crippen LogP contribution in [0.2, 0.25) is 0 Å². The second-order valence-corrected chi connectivity index (χ2v) is 10.1. The summed E-state index contributed by atoms with van der Waals surface area (Å²) >= 11 is 0. The van der Waals surface area contributed by atoms with Gasteiger partial charge in [0.25, 0.3) is 0 Å². The van der Waals surface area contributed by atoms with Crippen LogP contribution in [0.15, 0.2) is 0 Å². The van der Waals surface area contributed by atoms with Gasteiger partial charge in [0, 0.05) is 23.7 Å². The molecule has 4 fully saturated rings. The van der Waals surface area contributed by atoms with Gasteiger partial charge in [-0.3, -0.25) is 4.90 Å². The van der Waals surface area contributed by atoms with Crippen molar-refractivity contribution in [2.45, 2.75) is 102 Å². The molecule has 4 heterocycles. The maximum absolute atomic E-state index is 2.83. The summed E-state index contributed by atoms with van der Waals surface area (Å²) in [6.07, 6.45) is 13.1. The van der Waals surface area contributed by atoms with Gasteiger partial charge < -0.3 is 4.90 Å². The van der Waals surface area contributed by atoms with Crippen LogP contribution in [-0.4, -0.2) is 47.6 Å². The zero-order chi connectivity index (χ0) is 16.4. The predicted octanol–water partition coefficient (Wildman–Crippen LogP) is 4.54. The van der Waals surface area contributed by atoms with Crippen LogP contribution in [0.4, 0.5) is 0 Å². The van der Waals surface area contributed by atoms with E-state index in [1.54, 1.807) is 0 Å². The van der Waals surface area contributed by atoms with Crippen molar-refractivity contribution < 1.29 is 0 Å². The van der Waals surface area contributed by atoms with Crippen molar-refractivity contribution in [2.75, 3.05) is 14.1 Å². The first-order valence-corrected chi connectivity index (χ1v) is 10.3. The Morgan fingerprint density at radius 2 is 1.61 bits per heavy atom. The molecule has 4 saturated heterocycles. The molecule has 0 aromatic carbocycles. The largest absolute Gasteiger partial charge is 0.300 e. The quantitative estimate of drug-likeness (QED) is 0.751. The lowest BCUT2D eigenvalue weighted by Gasteiger charge is -2.49. The van der Waals surface area contributed by atoms with Crippen molar-refractivity contribution >= 4 is 0 Å². The molecular formula is C21H38N2. The maximum Gasteiger partial charge on any atom is 0.0243 e. The summed E-state index contributed by atoms with van der Waals surface area (Å²) in [7, 11) is 4.82. The van der Waals surface area contributed by atoms with Crippen molar-refractivity contribution in [3.05, 3.63) is 0 Å². The Bertz CT molecular complexity index is 445. The Morgan fingerprint density at radius 1 is 0.957 bits per heavy atom. The van der Waals surface area contributed by atoms with Gasteiger partial charge >= 0.3 is 0 Å². The van der Waals surface area contributed by atoms with E-state index in [-0.39, 0.29) is 0 Å². The van der Waals surface area contributed by atoms with Crippen molar-refractivity contribution in [1.82, 2.24) is 9.80 Å². The summed E-state index contributed by atoms with van der Waals surface area (Å²) in [6.45, 7) is 7.66. The molecule has 4 aliphatic heterocycles. The molecule has 5 unspecified atom stereocenters. The summed E-state index contributed by atoms with van der Waals surface area (Å²) in [4.78, 5) is 5.53. The van der Waals surface area contributed by atoms with E-state index in [9.17, 15) is 0 Å². The molecule has 0 spiro atoms. The highest BCUT2D eigenvalue weighted by Crippen LogP contribution is 2.57. The van der Waals surface area contributed by atoms with E-state index in [4.69, 9.17) is 0 Å². The second-order valence-electron chi connectivity index (χ2n) is 10.1. The lowest BCUT2D eigenvalue weighted by atomic mass is 9.62. The molecule has 4 aliphatic rings. The molecule has 0 amide bonds. The monoisotopic (exact) mass is 318 g/mol. The van der Waals surface area contributed by atoms with Crippen molar-refractivity contribution in [2.24, 2.45) is 17.3 Å². The minimum Gasteiger partial charge on any atom is -0.300 e. The summed E-state index contributed by atoms with van der Waals surface area (Å²) in [5.74, 6) is 1.89. The van der Waals surface area contributed by atoms with Crippen LogP contribution in [0.1, 0.15) is 78.6 Å². The smallest absolute Gasteiger partial charge is 0.0243 e. The molecule has 23 heavy (non-hydrogen) atoms. The first-order valence-electron chi connectivity index (χ1n) is 10.3. The molecule has 0 aliphatic carbocycles. The van der Waals surface area contributed by atoms with Crippen LogP contribution >= 0.6 is 0 Å². The highest BCUT2D eigenvalue weighted by Gasteiger charge is 2.57. The molecule has 0 radical (unpaired) electrons. The standard InChI is InChI=1S/C21H38N2/c1-6-15-11-19-9-10-21(15,23(19)5)14-20(2,3)16-12-17-7-8-18(13-16)22(17)4/h15-19H,6-14H2,1-5H3. The minimum absolute atomic E-state index is 0.503. The van der Waals surface area contributed by atoms with E-state index in [1.807, 2.05) is 0 Å². The SMILES string of the molecule is CCC1CC2CCC1(CC(C)(C)C1CC3CCC(C1)N3C)N2C. The lowest BCUT2D eigenvalue weighted by Crippen LogP contribution is -2.50. The summed E-state index contributed by atoms with van der Waals surface area (Å²) in [5, 5.41) is 0.